The molecule has 0 aliphatic carbocycles. The molecule has 0 amide bonds. The highest BCUT2D eigenvalue weighted by molar-refractivity contribution is 5.45. The van der Waals surface area contributed by atoms with Gasteiger partial charge in [0.1, 0.15) is 17.6 Å². The van der Waals surface area contributed by atoms with Crippen molar-refractivity contribution in [1.29, 1.82) is 5.26 Å². The lowest BCUT2D eigenvalue weighted by Crippen LogP contribution is -2.05. The summed E-state index contributed by atoms with van der Waals surface area (Å²) in [6, 6.07) is 7.60. The monoisotopic (exact) mass is 319 g/mol. The second-order valence-corrected chi connectivity index (χ2v) is 4.62. The van der Waals surface area contributed by atoms with Gasteiger partial charge >= 0.3 is 0 Å². The molecule has 6 nitrogen and oxygen atoms in total. The number of benzene rings is 1. The fourth-order valence-electron chi connectivity index (χ4n) is 1.82. The van der Waals surface area contributed by atoms with Gasteiger partial charge in [-0.2, -0.15) is 10.2 Å². The molecular weight excluding hydrogens is 301 g/mol. The second-order valence-electron chi connectivity index (χ2n) is 4.62. The van der Waals surface area contributed by atoms with Crippen LogP contribution in [0.3, 0.4) is 0 Å². The van der Waals surface area contributed by atoms with Crippen LogP contribution in [-0.4, -0.2) is 24.7 Å². The van der Waals surface area contributed by atoms with Crippen LogP contribution >= 0.6 is 0 Å². The maximum atomic E-state index is 12.8. The number of nitrogens with one attached hydrogen (secondary N) is 1. The van der Waals surface area contributed by atoms with Crippen molar-refractivity contribution in [2.45, 2.75) is 20.0 Å². The van der Waals surface area contributed by atoms with E-state index in [-0.39, 0.29) is 24.0 Å². The average molecular weight is 319 g/mol. The average Bonchev–Trinajstić information content (AvgIpc) is 2.96. The van der Waals surface area contributed by atoms with Gasteiger partial charge in [-0.25, -0.2) is 4.39 Å². The smallest absolute Gasteiger partial charge is 0.236 e. The topological polar surface area (TPSA) is 80.3 Å². The summed E-state index contributed by atoms with van der Waals surface area (Å²) >= 11 is 0. The highest BCUT2D eigenvalue weighted by Crippen LogP contribution is 2.19. The number of aromatic nitrogens is 1. The summed E-state index contributed by atoms with van der Waals surface area (Å²) in [5.41, 5.74) is 0.180. The number of oxazole rings is 1. The Hall–Kier alpha value is -2.59. The maximum absolute atomic E-state index is 12.8. The van der Waals surface area contributed by atoms with Crippen LogP contribution in [-0.2, 0) is 11.3 Å². The summed E-state index contributed by atoms with van der Waals surface area (Å²) in [4.78, 5) is 4.06. The molecule has 0 saturated carbocycles. The SMILES string of the molecule is CCOCCCNc1oc(COc2ccc(F)cc2)nc1C#N. The molecule has 7 heteroatoms. The van der Waals surface area contributed by atoms with E-state index in [1.165, 1.54) is 24.3 Å². The molecular formula is C16H18FN3O3. The summed E-state index contributed by atoms with van der Waals surface area (Å²) in [7, 11) is 0. The third-order valence-corrected chi connectivity index (χ3v) is 2.91. The van der Waals surface area contributed by atoms with Crippen LogP contribution < -0.4 is 10.1 Å². The predicted octanol–water partition coefficient (Wildman–Crippen LogP) is 3.10. The zero-order valence-corrected chi connectivity index (χ0v) is 12.8. The highest BCUT2D eigenvalue weighted by atomic mass is 19.1. The zero-order chi connectivity index (χ0) is 16.5. The summed E-state index contributed by atoms with van der Waals surface area (Å²) in [5.74, 6) is 0.757. The van der Waals surface area contributed by atoms with E-state index in [1.54, 1.807) is 0 Å². The van der Waals surface area contributed by atoms with Crippen molar-refractivity contribution in [3.8, 4) is 11.8 Å². The van der Waals surface area contributed by atoms with Gasteiger partial charge < -0.3 is 19.2 Å². The lowest BCUT2D eigenvalue weighted by Gasteiger charge is -2.04. The van der Waals surface area contributed by atoms with Crippen LogP contribution in [0.1, 0.15) is 24.9 Å². The third-order valence-electron chi connectivity index (χ3n) is 2.91. The number of anilines is 1. The molecule has 0 unspecified atom stereocenters. The Bertz CT molecular complexity index is 650. The van der Waals surface area contributed by atoms with Crippen molar-refractivity contribution in [3.63, 3.8) is 0 Å². The Morgan fingerprint density at radius 2 is 2.13 bits per heavy atom. The largest absolute Gasteiger partial charge is 0.484 e. The van der Waals surface area contributed by atoms with Crippen LogP contribution in [0, 0.1) is 17.1 Å². The zero-order valence-electron chi connectivity index (χ0n) is 12.8. The Balaban J connectivity index is 1.87. The third kappa shape index (κ3) is 5.27. The van der Waals surface area contributed by atoms with Gasteiger partial charge in [0.15, 0.2) is 6.61 Å². The molecule has 0 saturated heterocycles. The number of nitrogens with zero attached hydrogens (tertiary/aromatic N) is 2. The first-order valence-electron chi connectivity index (χ1n) is 7.32. The van der Waals surface area contributed by atoms with E-state index in [0.717, 1.165) is 6.42 Å². The molecule has 1 N–H and O–H groups in total. The standard InChI is InChI=1S/C16H18FN3O3/c1-2-21-9-3-8-19-16-14(10-18)20-15(23-16)11-22-13-6-4-12(17)5-7-13/h4-7,19H,2-3,8-9,11H2,1H3. The first kappa shape index (κ1) is 16.8. The molecule has 0 aliphatic heterocycles. The first-order chi connectivity index (χ1) is 11.2. The van der Waals surface area contributed by atoms with Gasteiger partial charge in [0.2, 0.25) is 17.5 Å². The summed E-state index contributed by atoms with van der Waals surface area (Å²) in [6.07, 6.45) is 0.792. The van der Waals surface area contributed by atoms with Gasteiger partial charge in [0, 0.05) is 19.8 Å². The van der Waals surface area contributed by atoms with Gasteiger partial charge in [0.05, 0.1) is 0 Å². The van der Waals surface area contributed by atoms with Crippen LogP contribution in [0.15, 0.2) is 28.7 Å². The molecule has 0 radical (unpaired) electrons. The van der Waals surface area contributed by atoms with Crippen molar-refractivity contribution >= 4 is 5.88 Å². The molecule has 23 heavy (non-hydrogen) atoms. The van der Waals surface area contributed by atoms with Crippen LogP contribution in [0.25, 0.3) is 0 Å². The molecule has 2 aromatic rings. The minimum absolute atomic E-state index is 0.0565. The Labute approximate surface area is 133 Å². The van der Waals surface area contributed by atoms with Crippen LogP contribution in [0.2, 0.25) is 0 Å². The Kier molecular flexibility index (Phi) is 6.39. The summed E-state index contributed by atoms with van der Waals surface area (Å²) < 4.78 is 28.9. The maximum Gasteiger partial charge on any atom is 0.236 e. The van der Waals surface area contributed by atoms with E-state index in [0.29, 0.717) is 31.4 Å². The van der Waals surface area contributed by atoms with E-state index in [4.69, 9.17) is 19.2 Å². The van der Waals surface area contributed by atoms with E-state index in [1.807, 2.05) is 13.0 Å². The quantitative estimate of drug-likeness (QED) is 0.715. The summed E-state index contributed by atoms with van der Waals surface area (Å²) in [6.45, 7) is 3.92. The molecule has 0 bridgehead atoms. The molecule has 122 valence electrons. The van der Waals surface area contributed by atoms with E-state index in [2.05, 4.69) is 10.3 Å². The Morgan fingerprint density at radius 3 is 2.83 bits per heavy atom. The molecule has 2 rings (SSSR count). The molecule has 0 fully saturated rings. The number of ether oxygens (including phenoxy) is 2. The first-order valence-corrected chi connectivity index (χ1v) is 7.32. The van der Waals surface area contributed by atoms with Gasteiger partial charge in [-0.15, -0.1) is 0 Å². The fraction of sp³-hybridized carbons (Fsp3) is 0.375. The molecule has 0 atom stereocenters. The van der Waals surface area contributed by atoms with Crippen molar-refractivity contribution < 1.29 is 18.3 Å². The number of hydrogen-bond acceptors (Lipinski definition) is 6. The molecule has 1 aromatic heterocycles. The predicted molar refractivity (Wildman–Crippen MR) is 81.5 cm³/mol. The van der Waals surface area contributed by atoms with E-state index < -0.39 is 0 Å². The number of rotatable bonds is 9. The van der Waals surface area contributed by atoms with Gasteiger partial charge in [-0.3, -0.25) is 0 Å². The Morgan fingerprint density at radius 1 is 1.35 bits per heavy atom. The van der Waals surface area contributed by atoms with Crippen LogP contribution in [0.5, 0.6) is 5.75 Å². The lowest BCUT2D eigenvalue weighted by atomic mass is 10.3. The number of halogens is 1. The number of hydrogen-bond donors (Lipinski definition) is 1. The van der Waals surface area contributed by atoms with Gasteiger partial charge in [0.25, 0.3) is 0 Å². The molecule has 0 aliphatic rings. The second kappa shape index (κ2) is 8.76. The van der Waals surface area contributed by atoms with Crippen LogP contribution in [0.4, 0.5) is 10.3 Å². The van der Waals surface area contributed by atoms with Gasteiger partial charge in [-0.1, -0.05) is 0 Å². The number of nitriles is 1. The van der Waals surface area contributed by atoms with Crippen molar-refractivity contribution in [1.82, 2.24) is 4.98 Å². The normalized spacial score (nSPS) is 10.3. The lowest BCUT2D eigenvalue weighted by molar-refractivity contribution is 0.147. The van der Waals surface area contributed by atoms with Gasteiger partial charge in [-0.05, 0) is 37.6 Å². The summed E-state index contributed by atoms with van der Waals surface area (Å²) in [5, 5.41) is 12.1. The highest BCUT2D eigenvalue weighted by Gasteiger charge is 2.13. The molecule has 1 heterocycles. The molecule has 1 aromatic carbocycles. The minimum Gasteiger partial charge on any atom is -0.484 e. The van der Waals surface area contributed by atoms with Crippen molar-refractivity contribution in [3.05, 3.63) is 41.7 Å². The van der Waals surface area contributed by atoms with Crippen molar-refractivity contribution in [2.75, 3.05) is 25.1 Å². The van der Waals surface area contributed by atoms with E-state index in [9.17, 15) is 4.39 Å². The fourth-order valence-corrected chi connectivity index (χ4v) is 1.82. The van der Waals surface area contributed by atoms with E-state index >= 15 is 0 Å². The van der Waals surface area contributed by atoms with Crippen molar-refractivity contribution in [2.24, 2.45) is 0 Å². The molecule has 0 spiro atoms. The minimum atomic E-state index is -0.334.